The second-order valence-corrected chi connectivity index (χ2v) is 13.3. The van der Waals surface area contributed by atoms with E-state index in [1.807, 2.05) is 18.5 Å². The van der Waals surface area contributed by atoms with Gasteiger partial charge in [-0.25, -0.2) is 4.98 Å². The quantitative estimate of drug-likeness (QED) is 0.116. The zero-order valence-corrected chi connectivity index (χ0v) is 29.4. The van der Waals surface area contributed by atoms with E-state index in [9.17, 15) is 0 Å². The Labute approximate surface area is 304 Å². The number of nitrogens with one attached hydrogen (secondary N) is 1. The molecule has 0 aliphatic rings. The minimum absolute atomic E-state index is 0.579. The Hall–Kier alpha value is -6.21. The SMILES string of the molecule is COc1ccc(Cc2nnc(CCc3c[nH]c4ccccc34)n2CCCc2cn(C(c3ccccc3)(c3ccccc3)c3ccccc3)cn2)cc1. The Morgan fingerprint density at radius 3 is 1.92 bits per heavy atom. The van der Waals surface area contributed by atoms with Crippen LogP contribution in [0.5, 0.6) is 5.75 Å². The monoisotopic (exact) mass is 682 g/mol. The van der Waals surface area contributed by atoms with E-state index in [0.717, 1.165) is 60.8 Å². The van der Waals surface area contributed by atoms with Gasteiger partial charge in [0.2, 0.25) is 0 Å². The molecule has 0 saturated heterocycles. The smallest absolute Gasteiger partial charge is 0.137 e. The van der Waals surface area contributed by atoms with Gasteiger partial charge in [0.1, 0.15) is 22.9 Å². The third-order valence-corrected chi connectivity index (χ3v) is 10.1. The molecular weight excluding hydrogens is 641 g/mol. The predicted octanol–water partition coefficient (Wildman–Crippen LogP) is 8.81. The van der Waals surface area contributed by atoms with Crippen LogP contribution >= 0.6 is 0 Å². The van der Waals surface area contributed by atoms with Crippen LogP contribution in [0, 0.1) is 0 Å². The number of H-pyrrole nitrogens is 1. The van der Waals surface area contributed by atoms with Crippen LogP contribution in [-0.2, 0) is 37.8 Å². The first kappa shape index (κ1) is 33.0. The van der Waals surface area contributed by atoms with Crippen LogP contribution in [0.4, 0.5) is 0 Å². The van der Waals surface area contributed by atoms with Gasteiger partial charge in [0.25, 0.3) is 0 Å². The third kappa shape index (κ3) is 6.53. The van der Waals surface area contributed by atoms with Gasteiger partial charge in [0, 0.05) is 42.7 Å². The lowest BCUT2D eigenvalue weighted by molar-refractivity contribution is 0.414. The summed E-state index contributed by atoms with van der Waals surface area (Å²) in [5.74, 6) is 2.83. The van der Waals surface area contributed by atoms with Crippen molar-refractivity contribution in [3.05, 3.63) is 203 Å². The summed E-state index contributed by atoms with van der Waals surface area (Å²) in [7, 11) is 1.69. The number of hydrogen-bond donors (Lipinski definition) is 1. The fraction of sp³-hybridized carbons (Fsp3) is 0.178. The molecule has 5 aromatic carbocycles. The summed E-state index contributed by atoms with van der Waals surface area (Å²) < 4.78 is 10.0. The lowest BCUT2D eigenvalue weighted by Crippen LogP contribution is -2.36. The molecule has 0 radical (unpaired) electrons. The Morgan fingerprint density at radius 2 is 1.27 bits per heavy atom. The summed E-state index contributed by atoms with van der Waals surface area (Å²) in [6.45, 7) is 0.801. The fourth-order valence-electron chi connectivity index (χ4n) is 7.54. The Bertz CT molecular complexity index is 2240. The van der Waals surface area contributed by atoms with Crippen molar-refractivity contribution in [2.45, 2.75) is 44.2 Å². The van der Waals surface area contributed by atoms with E-state index in [0.29, 0.717) is 6.42 Å². The Balaban J connectivity index is 1.07. The number of nitrogens with zero attached hydrogens (tertiary/aromatic N) is 5. The van der Waals surface area contributed by atoms with Gasteiger partial charge in [-0.3, -0.25) is 0 Å². The maximum absolute atomic E-state index is 5.39. The van der Waals surface area contributed by atoms with Crippen molar-refractivity contribution in [2.75, 3.05) is 7.11 Å². The highest BCUT2D eigenvalue weighted by Gasteiger charge is 2.38. The molecule has 8 rings (SSSR count). The number of para-hydroxylation sites is 1. The number of aryl methyl sites for hydroxylation is 3. The van der Waals surface area contributed by atoms with Crippen molar-refractivity contribution in [1.82, 2.24) is 29.3 Å². The molecule has 0 bridgehead atoms. The highest BCUT2D eigenvalue weighted by atomic mass is 16.5. The lowest BCUT2D eigenvalue weighted by Gasteiger charge is -2.37. The molecule has 0 atom stereocenters. The molecule has 3 aromatic heterocycles. The van der Waals surface area contributed by atoms with E-state index < -0.39 is 5.54 Å². The molecule has 0 amide bonds. The molecule has 0 aliphatic carbocycles. The average molecular weight is 683 g/mol. The van der Waals surface area contributed by atoms with Gasteiger partial charge in [-0.2, -0.15) is 0 Å². The molecule has 0 aliphatic heterocycles. The number of benzene rings is 5. The van der Waals surface area contributed by atoms with Crippen molar-refractivity contribution in [1.29, 1.82) is 0 Å². The van der Waals surface area contributed by atoms with Gasteiger partial charge in [0.15, 0.2) is 0 Å². The van der Waals surface area contributed by atoms with E-state index in [-0.39, 0.29) is 0 Å². The van der Waals surface area contributed by atoms with Gasteiger partial charge in [-0.15, -0.1) is 10.2 Å². The molecular formula is C45H42N6O. The summed E-state index contributed by atoms with van der Waals surface area (Å²) in [5.41, 5.74) is 7.66. The largest absolute Gasteiger partial charge is 0.497 e. The molecule has 1 N–H and O–H groups in total. The molecule has 3 heterocycles. The summed E-state index contributed by atoms with van der Waals surface area (Å²) in [6.07, 6.45) is 10.5. The second-order valence-electron chi connectivity index (χ2n) is 13.3. The van der Waals surface area contributed by atoms with Crippen LogP contribution in [0.2, 0.25) is 0 Å². The van der Waals surface area contributed by atoms with Crippen molar-refractivity contribution < 1.29 is 4.74 Å². The number of rotatable bonds is 14. The molecule has 52 heavy (non-hydrogen) atoms. The van der Waals surface area contributed by atoms with Crippen LogP contribution in [0.1, 0.15) is 51.6 Å². The van der Waals surface area contributed by atoms with E-state index in [1.165, 1.54) is 33.2 Å². The zero-order chi connectivity index (χ0) is 35.2. The van der Waals surface area contributed by atoms with Crippen molar-refractivity contribution >= 4 is 10.9 Å². The zero-order valence-electron chi connectivity index (χ0n) is 29.4. The Kier molecular flexibility index (Phi) is 9.48. The second kappa shape index (κ2) is 15.0. The molecule has 7 heteroatoms. The molecule has 8 aromatic rings. The molecule has 7 nitrogen and oxygen atoms in total. The first-order valence-electron chi connectivity index (χ1n) is 18.0. The predicted molar refractivity (Wildman–Crippen MR) is 207 cm³/mol. The topological polar surface area (TPSA) is 73.6 Å². The third-order valence-electron chi connectivity index (χ3n) is 10.1. The molecule has 0 saturated carbocycles. The van der Waals surface area contributed by atoms with Gasteiger partial charge in [0.05, 0.1) is 19.1 Å². The normalized spacial score (nSPS) is 11.6. The molecule has 0 fully saturated rings. The number of fused-ring (bicyclic) bond motifs is 1. The number of imidazole rings is 1. The number of aromatic nitrogens is 6. The van der Waals surface area contributed by atoms with Crippen LogP contribution in [0.3, 0.4) is 0 Å². The average Bonchev–Trinajstić information content (AvgIpc) is 3.95. The molecule has 258 valence electrons. The molecule has 0 unspecified atom stereocenters. The van der Waals surface area contributed by atoms with Crippen LogP contribution in [0.25, 0.3) is 10.9 Å². The van der Waals surface area contributed by atoms with Crippen molar-refractivity contribution in [2.24, 2.45) is 0 Å². The van der Waals surface area contributed by atoms with Crippen LogP contribution in [0.15, 0.2) is 158 Å². The van der Waals surface area contributed by atoms with E-state index in [2.05, 4.69) is 154 Å². The first-order chi connectivity index (χ1) is 25.7. The highest BCUT2D eigenvalue weighted by molar-refractivity contribution is 5.83. The number of hydrogen-bond acceptors (Lipinski definition) is 4. The van der Waals surface area contributed by atoms with E-state index >= 15 is 0 Å². The van der Waals surface area contributed by atoms with Crippen LogP contribution < -0.4 is 4.74 Å². The first-order valence-corrected chi connectivity index (χ1v) is 18.0. The fourth-order valence-corrected chi connectivity index (χ4v) is 7.54. The summed E-state index contributed by atoms with van der Waals surface area (Å²) >= 11 is 0. The maximum Gasteiger partial charge on any atom is 0.137 e. The lowest BCUT2D eigenvalue weighted by atomic mass is 9.77. The number of aromatic amines is 1. The Morgan fingerprint density at radius 1 is 0.654 bits per heavy atom. The minimum Gasteiger partial charge on any atom is -0.497 e. The minimum atomic E-state index is -0.579. The van der Waals surface area contributed by atoms with Crippen LogP contribution in [-0.4, -0.2) is 36.4 Å². The summed E-state index contributed by atoms with van der Waals surface area (Å²) in [5, 5.41) is 10.7. The van der Waals surface area contributed by atoms with E-state index in [4.69, 9.17) is 19.9 Å². The summed E-state index contributed by atoms with van der Waals surface area (Å²) in [4.78, 5) is 8.43. The van der Waals surface area contributed by atoms with Crippen molar-refractivity contribution in [3.8, 4) is 5.75 Å². The van der Waals surface area contributed by atoms with Crippen molar-refractivity contribution in [3.63, 3.8) is 0 Å². The van der Waals surface area contributed by atoms with Gasteiger partial charge in [-0.05, 0) is 65.3 Å². The maximum atomic E-state index is 5.39. The van der Waals surface area contributed by atoms with Gasteiger partial charge in [-0.1, -0.05) is 121 Å². The highest BCUT2D eigenvalue weighted by Crippen LogP contribution is 2.40. The van der Waals surface area contributed by atoms with Gasteiger partial charge >= 0.3 is 0 Å². The standard InChI is InChI=1S/C45H42N6O/c1-52-40-26-23-34(24-27-40)30-44-49-48-43(28-25-35-31-46-42-22-12-11-21-41(35)42)51(44)29-13-20-39-32-50(33-47-39)45(36-14-5-2-6-15-36,37-16-7-3-8-17-37)38-18-9-4-10-19-38/h2-12,14-19,21-24,26-27,31-33,46H,13,20,25,28-30H2,1H3. The number of ether oxygens (including phenoxy) is 1. The number of methoxy groups -OCH3 is 1. The summed E-state index contributed by atoms with van der Waals surface area (Å²) in [6, 6.07) is 48.9. The van der Waals surface area contributed by atoms with E-state index in [1.54, 1.807) is 7.11 Å². The van der Waals surface area contributed by atoms with Gasteiger partial charge < -0.3 is 18.9 Å². The molecule has 0 spiro atoms.